The lowest BCUT2D eigenvalue weighted by atomic mass is 10.2. The number of thioether (sulfide) groups is 1. The van der Waals surface area contributed by atoms with Gasteiger partial charge in [0.25, 0.3) is 5.69 Å². The van der Waals surface area contributed by atoms with E-state index in [0.717, 1.165) is 10.0 Å². The number of methoxy groups -OCH3 is 1. The molecule has 1 fully saturated rings. The first-order valence-corrected chi connectivity index (χ1v) is 10.8. The Morgan fingerprint density at radius 1 is 1.27 bits per heavy atom. The van der Waals surface area contributed by atoms with Crippen molar-refractivity contribution in [3.8, 4) is 5.75 Å². The van der Waals surface area contributed by atoms with E-state index in [2.05, 4.69) is 15.9 Å². The predicted molar refractivity (Wildman–Crippen MR) is 103 cm³/mol. The Morgan fingerprint density at radius 3 is 2.54 bits per heavy atom. The van der Waals surface area contributed by atoms with Gasteiger partial charge in [-0.05, 0) is 45.8 Å². The summed E-state index contributed by atoms with van der Waals surface area (Å²) in [6.07, 6.45) is 0. The average molecular weight is 459 g/mol. The van der Waals surface area contributed by atoms with Crippen LogP contribution in [0.15, 0.2) is 51.8 Å². The molecule has 0 unspecified atom stereocenters. The monoisotopic (exact) mass is 458 g/mol. The van der Waals surface area contributed by atoms with Gasteiger partial charge in [0.1, 0.15) is 5.75 Å². The van der Waals surface area contributed by atoms with Gasteiger partial charge in [-0.25, -0.2) is 8.42 Å². The molecule has 0 saturated carbocycles. The van der Waals surface area contributed by atoms with Crippen LogP contribution in [0.2, 0.25) is 0 Å². The van der Waals surface area contributed by atoms with Crippen LogP contribution in [0.4, 0.5) is 5.69 Å². The molecule has 0 radical (unpaired) electrons. The minimum Gasteiger partial charge on any atom is -0.496 e. The maximum absolute atomic E-state index is 13.0. The van der Waals surface area contributed by atoms with E-state index in [1.807, 2.05) is 12.1 Å². The maximum Gasteiger partial charge on any atom is 0.269 e. The molecule has 1 saturated heterocycles. The Kier molecular flexibility index (Phi) is 5.56. The third-order valence-electron chi connectivity index (χ3n) is 3.96. The zero-order valence-corrected chi connectivity index (χ0v) is 16.9. The van der Waals surface area contributed by atoms with Gasteiger partial charge in [0.15, 0.2) is 0 Å². The van der Waals surface area contributed by atoms with Gasteiger partial charge in [-0.15, -0.1) is 11.8 Å². The third kappa shape index (κ3) is 3.59. The van der Waals surface area contributed by atoms with Gasteiger partial charge in [-0.1, -0.05) is 6.07 Å². The summed E-state index contributed by atoms with van der Waals surface area (Å²) in [6.45, 7) is 0.373. The van der Waals surface area contributed by atoms with Crippen molar-refractivity contribution in [2.45, 2.75) is 10.3 Å². The molecule has 2 aromatic carbocycles. The van der Waals surface area contributed by atoms with E-state index in [1.165, 1.54) is 40.3 Å². The van der Waals surface area contributed by atoms with Crippen LogP contribution >= 0.6 is 27.7 Å². The maximum atomic E-state index is 13.0. The van der Waals surface area contributed by atoms with Crippen molar-refractivity contribution in [2.75, 3.05) is 19.4 Å². The van der Waals surface area contributed by atoms with Crippen LogP contribution in [0.3, 0.4) is 0 Å². The van der Waals surface area contributed by atoms with Crippen molar-refractivity contribution < 1.29 is 18.1 Å². The standard InChI is InChI=1S/C16H15BrN2O5S2/c1-24-15-7-2-11(10-14(15)17)16-18(8-9-25-16)26(22,23)13-5-3-12(4-6-13)19(20)21/h2-7,10,16H,8-9H2,1H3/t16-/m0/s1. The van der Waals surface area contributed by atoms with Crippen molar-refractivity contribution in [3.05, 3.63) is 62.6 Å². The molecule has 0 amide bonds. The molecule has 1 heterocycles. The number of nitrogens with zero attached hydrogens (tertiary/aromatic N) is 2. The van der Waals surface area contributed by atoms with Gasteiger partial charge >= 0.3 is 0 Å². The number of sulfonamides is 1. The molecule has 138 valence electrons. The zero-order valence-electron chi connectivity index (χ0n) is 13.7. The summed E-state index contributed by atoms with van der Waals surface area (Å²) in [5.74, 6) is 1.34. The Morgan fingerprint density at radius 2 is 1.96 bits per heavy atom. The molecule has 10 heteroatoms. The van der Waals surface area contributed by atoms with E-state index >= 15 is 0 Å². The average Bonchev–Trinajstić information content (AvgIpc) is 3.12. The predicted octanol–water partition coefficient (Wildman–Crippen LogP) is 3.80. The first-order chi connectivity index (χ1) is 12.3. The Balaban J connectivity index is 1.93. The highest BCUT2D eigenvalue weighted by molar-refractivity contribution is 9.10. The lowest BCUT2D eigenvalue weighted by Gasteiger charge is -2.24. The number of benzene rings is 2. The van der Waals surface area contributed by atoms with Crippen molar-refractivity contribution in [1.29, 1.82) is 0 Å². The van der Waals surface area contributed by atoms with Gasteiger partial charge in [0.2, 0.25) is 10.0 Å². The quantitative estimate of drug-likeness (QED) is 0.499. The molecular weight excluding hydrogens is 444 g/mol. The van der Waals surface area contributed by atoms with Crippen LogP contribution in [0.25, 0.3) is 0 Å². The first kappa shape index (κ1) is 19.2. The van der Waals surface area contributed by atoms with Crippen LogP contribution < -0.4 is 4.74 Å². The number of rotatable bonds is 5. The van der Waals surface area contributed by atoms with E-state index < -0.39 is 14.9 Å². The van der Waals surface area contributed by atoms with Crippen molar-refractivity contribution in [3.63, 3.8) is 0 Å². The van der Waals surface area contributed by atoms with Crippen LogP contribution in [0, 0.1) is 10.1 Å². The second-order valence-electron chi connectivity index (χ2n) is 5.48. The molecule has 7 nitrogen and oxygen atoms in total. The molecule has 0 aromatic heterocycles. The number of nitro benzene ring substituents is 1. The van der Waals surface area contributed by atoms with E-state index in [4.69, 9.17) is 4.74 Å². The van der Waals surface area contributed by atoms with E-state index in [1.54, 1.807) is 13.2 Å². The zero-order chi connectivity index (χ0) is 18.9. The highest BCUT2D eigenvalue weighted by Gasteiger charge is 2.37. The van der Waals surface area contributed by atoms with Crippen LogP contribution in [0.1, 0.15) is 10.9 Å². The van der Waals surface area contributed by atoms with E-state index in [0.29, 0.717) is 18.0 Å². The molecule has 2 aromatic rings. The van der Waals surface area contributed by atoms with Gasteiger partial charge in [0.05, 0.1) is 26.8 Å². The van der Waals surface area contributed by atoms with Gasteiger partial charge in [-0.2, -0.15) is 4.31 Å². The number of nitro groups is 1. The van der Waals surface area contributed by atoms with Crippen LogP contribution in [0.5, 0.6) is 5.75 Å². The summed E-state index contributed by atoms with van der Waals surface area (Å²) in [4.78, 5) is 10.3. The lowest BCUT2D eigenvalue weighted by molar-refractivity contribution is -0.384. The molecule has 1 atom stereocenters. The normalized spacial score (nSPS) is 18.0. The molecule has 0 aliphatic carbocycles. The van der Waals surface area contributed by atoms with Gasteiger partial charge < -0.3 is 4.74 Å². The summed E-state index contributed by atoms with van der Waals surface area (Å²) in [5.41, 5.74) is 0.695. The summed E-state index contributed by atoms with van der Waals surface area (Å²) in [5, 5.41) is 10.4. The molecule has 1 aliphatic heterocycles. The second-order valence-corrected chi connectivity index (χ2v) is 9.42. The minimum absolute atomic E-state index is 0.0446. The van der Waals surface area contributed by atoms with E-state index in [9.17, 15) is 18.5 Å². The summed E-state index contributed by atoms with van der Waals surface area (Å²) >= 11 is 4.96. The lowest BCUT2D eigenvalue weighted by Crippen LogP contribution is -2.30. The van der Waals surface area contributed by atoms with Gasteiger partial charge in [-0.3, -0.25) is 10.1 Å². The summed E-state index contributed by atoms with van der Waals surface area (Å²) in [7, 11) is -2.20. The highest BCUT2D eigenvalue weighted by atomic mass is 79.9. The summed E-state index contributed by atoms with van der Waals surface area (Å²) < 4.78 is 33.4. The van der Waals surface area contributed by atoms with Crippen molar-refractivity contribution in [1.82, 2.24) is 4.31 Å². The SMILES string of the molecule is COc1ccc([C@@H]2SCCN2S(=O)(=O)c2ccc([N+](=O)[O-])cc2)cc1Br. The molecule has 0 bridgehead atoms. The Labute approximate surface area is 163 Å². The smallest absolute Gasteiger partial charge is 0.269 e. The number of non-ortho nitro benzene ring substituents is 1. The fourth-order valence-corrected chi connectivity index (χ4v) is 6.46. The van der Waals surface area contributed by atoms with Crippen molar-refractivity contribution >= 4 is 43.4 Å². The number of hydrogen-bond donors (Lipinski definition) is 0. The largest absolute Gasteiger partial charge is 0.496 e. The molecule has 1 aliphatic rings. The summed E-state index contributed by atoms with van der Waals surface area (Å²) in [6, 6.07) is 10.4. The van der Waals surface area contributed by atoms with E-state index in [-0.39, 0.29) is 16.0 Å². The molecule has 3 rings (SSSR count). The third-order valence-corrected chi connectivity index (χ3v) is 7.86. The number of halogens is 1. The number of ether oxygens (including phenoxy) is 1. The Bertz CT molecular complexity index is 934. The fraction of sp³-hybridized carbons (Fsp3) is 0.250. The number of hydrogen-bond acceptors (Lipinski definition) is 6. The first-order valence-electron chi connectivity index (χ1n) is 7.56. The highest BCUT2D eigenvalue weighted by Crippen LogP contribution is 2.43. The molecular formula is C16H15BrN2O5S2. The molecule has 0 N–H and O–H groups in total. The molecule has 0 spiro atoms. The fourth-order valence-electron chi connectivity index (χ4n) is 2.67. The van der Waals surface area contributed by atoms with Crippen LogP contribution in [-0.4, -0.2) is 37.1 Å². The van der Waals surface area contributed by atoms with Crippen molar-refractivity contribution in [2.24, 2.45) is 0 Å². The topological polar surface area (TPSA) is 89.8 Å². The minimum atomic E-state index is -3.76. The van der Waals surface area contributed by atoms with Crippen LogP contribution in [-0.2, 0) is 10.0 Å². The Hall–Kier alpha value is -1.62. The van der Waals surface area contributed by atoms with Gasteiger partial charge in [0, 0.05) is 24.4 Å². The second kappa shape index (κ2) is 7.55. The molecule has 26 heavy (non-hydrogen) atoms.